The topological polar surface area (TPSA) is 44.5 Å². The average Bonchev–Trinajstić information content (AvgIpc) is 2.94. The molecule has 1 saturated carbocycles. The quantitative estimate of drug-likeness (QED) is 0.895. The number of fused-ring (bicyclic) bond motifs is 1. The Morgan fingerprint density at radius 2 is 1.71 bits per heavy atom. The maximum absolute atomic E-state index is 6.41. The lowest BCUT2D eigenvalue weighted by atomic mass is 9.77. The van der Waals surface area contributed by atoms with Gasteiger partial charge >= 0.3 is 0 Å². The van der Waals surface area contributed by atoms with Gasteiger partial charge in [-0.3, -0.25) is 0 Å². The molecule has 1 heterocycles. The molecule has 1 fully saturated rings. The van der Waals surface area contributed by atoms with Crippen molar-refractivity contribution >= 4 is 11.6 Å². The molecule has 1 aliphatic heterocycles. The van der Waals surface area contributed by atoms with Gasteiger partial charge in [0.2, 0.25) is 0 Å². The van der Waals surface area contributed by atoms with Gasteiger partial charge in [-0.05, 0) is 55.7 Å². The highest BCUT2D eigenvalue weighted by atomic mass is 35.5. The molecule has 2 N–H and O–H groups in total. The Balaban J connectivity index is 1.72. The van der Waals surface area contributed by atoms with Crippen molar-refractivity contribution in [3.63, 3.8) is 0 Å². The molecule has 1 aromatic carbocycles. The van der Waals surface area contributed by atoms with Gasteiger partial charge in [0, 0.05) is 11.1 Å². The zero-order valence-corrected chi connectivity index (χ0v) is 13.3. The van der Waals surface area contributed by atoms with Gasteiger partial charge < -0.3 is 15.2 Å². The van der Waals surface area contributed by atoms with E-state index in [4.69, 9.17) is 26.8 Å². The van der Waals surface area contributed by atoms with Crippen LogP contribution in [0.1, 0.15) is 44.1 Å². The van der Waals surface area contributed by atoms with Crippen molar-refractivity contribution in [3.8, 4) is 11.5 Å². The maximum Gasteiger partial charge on any atom is 0.162 e. The van der Waals surface area contributed by atoms with Gasteiger partial charge in [0.25, 0.3) is 0 Å². The molecule has 0 bridgehead atoms. The smallest absolute Gasteiger partial charge is 0.162 e. The molecule has 1 aromatic rings. The lowest BCUT2D eigenvalue weighted by Gasteiger charge is -2.29. The predicted octanol–water partition coefficient (Wildman–Crippen LogP) is 3.95. The molecule has 0 spiro atoms. The van der Waals surface area contributed by atoms with Crippen molar-refractivity contribution in [1.82, 2.24) is 0 Å². The second-order valence-corrected chi connectivity index (χ2v) is 6.74. The fourth-order valence-electron chi connectivity index (χ4n) is 3.75. The van der Waals surface area contributed by atoms with Crippen molar-refractivity contribution in [3.05, 3.63) is 22.7 Å². The van der Waals surface area contributed by atoms with E-state index in [0.717, 1.165) is 35.9 Å². The van der Waals surface area contributed by atoms with E-state index in [1.165, 1.54) is 37.7 Å². The van der Waals surface area contributed by atoms with Crippen LogP contribution in [0.3, 0.4) is 0 Å². The van der Waals surface area contributed by atoms with Crippen LogP contribution < -0.4 is 15.2 Å². The molecule has 0 unspecified atom stereocenters. The van der Waals surface area contributed by atoms with Crippen LogP contribution in [0.5, 0.6) is 11.5 Å². The number of halogens is 1. The zero-order chi connectivity index (χ0) is 14.7. The van der Waals surface area contributed by atoms with E-state index in [1.54, 1.807) is 0 Å². The molecule has 0 amide bonds. The largest absolute Gasteiger partial charge is 0.486 e. The Kier molecular flexibility index (Phi) is 4.60. The first-order chi connectivity index (χ1) is 10.2. The van der Waals surface area contributed by atoms with Crippen LogP contribution in [0.25, 0.3) is 0 Å². The summed E-state index contributed by atoms with van der Waals surface area (Å²) in [5.74, 6) is 1.60. The highest BCUT2D eigenvalue weighted by Gasteiger charge is 2.32. The summed E-state index contributed by atoms with van der Waals surface area (Å²) < 4.78 is 11.2. The van der Waals surface area contributed by atoms with Crippen LogP contribution in [-0.2, 0) is 6.42 Å². The van der Waals surface area contributed by atoms with Crippen molar-refractivity contribution in [2.24, 2.45) is 11.1 Å². The molecular weight excluding hydrogens is 286 g/mol. The molecular formula is C17H24ClNO2. The number of benzene rings is 1. The number of hydrogen-bond donors (Lipinski definition) is 1. The van der Waals surface area contributed by atoms with Gasteiger partial charge in [-0.2, -0.15) is 0 Å². The van der Waals surface area contributed by atoms with E-state index >= 15 is 0 Å². The minimum Gasteiger partial charge on any atom is -0.486 e. The molecule has 3 rings (SSSR count). The highest BCUT2D eigenvalue weighted by Crippen LogP contribution is 2.45. The number of ether oxygens (including phenoxy) is 2. The maximum atomic E-state index is 6.41. The first kappa shape index (κ1) is 15.0. The van der Waals surface area contributed by atoms with E-state index in [2.05, 4.69) is 6.07 Å². The number of aryl methyl sites for hydroxylation is 1. The predicted molar refractivity (Wildman–Crippen MR) is 85.3 cm³/mol. The molecule has 116 valence electrons. The molecule has 4 heteroatoms. The van der Waals surface area contributed by atoms with Crippen molar-refractivity contribution in [2.45, 2.75) is 44.9 Å². The van der Waals surface area contributed by atoms with E-state index in [1.807, 2.05) is 6.07 Å². The first-order valence-electron chi connectivity index (χ1n) is 8.01. The summed E-state index contributed by atoms with van der Waals surface area (Å²) in [6.45, 7) is 2.00. The number of nitrogens with two attached hydrogens (primary N) is 1. The summed E-state index contributed by atoms with van der Waals surface area (Å²) in [5.41, 5.74) is 7.43. The van der Waals surface area contributed by atoms with E-state index in [-0.39, 0.29) is 0 Å². The minimum absolute atomic E-state index is 0.436. The van der Waals surface area contributed by atoms with Gasteiger partial charge in [0.15, 0.2) is 11.5 Å². The fraction of sp³-hybridized carbons (Fsp3) is 0.647. The summed E-state index contributed by atoms with van der Waals surface area (Å²) in [4.78, 5) is 0. The second-order valence-electron chi connectivity index (χ2n) is 6.33. The van der Waals surface area contributed by atoms with Crippen LogP contribution in [0.2, 0.25) is 5.02 Å². The Bertz CT molecular complexity index is 498. The van der Waals surface area contributed by atoms with Crippen molar-refractivity contribution in [2.75, 3.05) is 19.8 Å². The number of rotatable bonds is 5. The van der Waals surface area contributed by atoms with Gasteiger partial charge in [0.1, 0.15) is 13.2 Å². The molecule has 0 saturated heterocycles. The van der Waals surface area contributed by atoms with Crippen LogP contribution >= 0.6 is 11.6 Å². The Labute approximate surface area is 131 Å². The summed E-state index contributed by atoms with van der Waals surface area (Å²) in [6.07, 6.45) is 8.61. The standard InChI is InChI=1S/C17H24ClNO2/c18-14-12-16-15(20-9-10-21-16)11-13(14)3-6-17(7-8-19)4-1-2-5-17/h11-12H,1-10,19H2. The van der Waals surface area contributed by atoms with Crippen LogP contribution in [0.15, 0.2) is 12.1 Å². The van der Waals surface area contributed by atoms with Crippen molar-refractivity contribution < 1.29 is 9.47 Å². The lowest BCUT2D eigenvalue weighted by molar-refractivity contribution is 0.171. The second kappa shape index (κ2) is 6.45. The van der Waals surface area contributed by atoms with Gasteiger partial charge in [-0.15, -0.1) is 0 Å². The highest BCUT2D eigenvalue weighted by molar-refractivity contribution is 6.31. The number of hydrogen-bond acceptors (Lipinski definition) is 3. The Hall–Kier alpha value is -0.930. The molecule has 0 atom stereocenters. The van der Waals surface area contributed by atoms with Crippen LogP contribution in [0, 0.1) is 5.41 Å². The summed E-state index contributed by atoms with van der Waals surface area (Å²) in [6, 6.07) is 3.96. The van der Waals surface area contributed by atoms with E-state index < -0.39 is 0 Å². The van der Waals surface area contributed by atoms with Crippen molar-refractivity contribution in [1.29, 1.82) is 0 Å². The van der Waals surface area contributed by atoms with Crippen LogP contribution in [0.4, 0.5) is 0 Å². The normalized spacial score (nSPS) is 19.7. The lowest BCUT2D eigenvalue weighted by Crippen LogP contribution is -2.22. The summed E-state index contributed by atoms with van der Waals surface area (Å²) >= 11 is 6.41. The SMILES string of the molecule is NCCC1(CCc2cc3c(cc2Cl)OCCO3)CCCC1. The first-order valence-corrected chi connectivity index (χ1v) is 8.38. The molecule has 2 aliphatic rings. The zero-order valence-electron chi connectivity index (χ0n) is 12.5. The third-order valence-corrected chi connectivity index (χ3v) is 5.33. The Morgan fingerprint density at radius 3 is 2.38 bits per heavy atom. The third kappa shape index (κ3) is 3.29. The monoisotopic (exact) mass is 309 g/mol. The molecule has 0 aromatic heterocycles. The van der Waals surface area contributed by atoms with Crippen LogP contribution in [-0.4, -0.2) is 19.8 Å². The molecule has 21 heavy (non-hydrogen) atoms. The minimum atomic E-state index is 0.436. The van der Waals surface area contributed by atoms with E-state index in [0.29, 0.717) is 18.6 Å². The summed E-state index contributed by atoms with van der Waals surface area (Å²) in [5, 5.41) is 0.792. The Morgan fingerprint density at radius 1 is 1.05 bits per heavy atom. The summed E-state index contributed by atoms with van der Waals surface area (Å²) in [7, 11) is 0. The van der Waals surface area contributed by atoms with E-state index in [9.17, 15) is 0 Å². The van der Waals surface area contributed by atoms with Gasteiger partial charge in [0.05, 0.1) is 0 Å². The molecule has 1 aliphatic carbocycles. The molecule has 0 radical (unpaired) electrons. The average molecular weight is 310 g/mol. The fourth-order valence-corrected chi connectivity index (χ4v) is 4.00. The molecule has 3 nitrogen and oxygen atoms in total. The van der Waals surface area contributed by atoms with Gasteiger partial charge in [-0.1, -0.05) is 24.4 Å². The third-order valence-electron chi connectivity index (χ3n) is 4.97. The van der Waals surface area contributed by atoms with Gasteiger partial charge in [-0.25, -0.2) is 0 Å².